The van der Waals surface area contributed by atoms with Crippen molar-refractivity contribution < 1.29 is 183 Å². The first-order chi connectivity index (χ1) is 61.0. The summed E-state index contributed by atoms with van der Waals surface area (Å²) in [5.74, 6) is -20.6. The minimum Gasteiger partial charge on any atom is -0.477 e. The number of carbonyl (C=O) groups is 7. The van der Waals surface area contributed by atoms with Crippen molar-refractivity contribution in [1.82, 2.24) is 21.3 Å². The Labute approximate surface area is 748 Å². The average Bonchev–Trinajstić information content (AvgIpc) is 0.748. The van der Waals surface area contributed by atoms with Gasteiger partial charge in [-0.25, -0.2) is 14.4 Å². The quantitative estimate of drug-likeness (QED) is 0.0273. The molecular formula is C87H152N4O37. The Bertz CT molecular complexity index is 3260. The van der Waals surface area contributed by atoms with Crippen LogP contribution in [0.25, 0.3) is 0 Å². The van der Waals surface area contributed by atoms with Crippen molar-refractivity contribution in [3.8, 4) is 0 Å². The molecule has 0 aliphatic carbocycles. The van der Waals surface area contributed by atoms with E-state index in [0.29, 0.717) is 12.8 Å². The van der Waals surface area contributed by atoms with Crippen LogP contribution in [0.3, 0.4) is 0 Å². The molecule has 128 heavy (non-hydrogen) atoms. The predicted octanol–water partition coefficient (Wildman–Crippen LogP) is -0.370. The van der Waals surface area contributed by atoms with Gasteiger partial charge in [0.25, 0.3) is 17.4 Å². The van der Waals surface area contributed by atoms with Gasteiger partial charge in [0.15, 0.2) is 12.6 Å². The monoisotopic (exact) mass is 1850 g/mol. The minimum absolute atomic E-state index is 0.119. The van der Waals surface area contributed by atoms with E-state index in [1.54, 1.807) is 6.08 Å². The molecule has 0 spiro atoms. The van der Waals surface area contributed by atoms with Crippen LogP contribution in [0.2, 0.25) is 0 Å². The van der Waals surface area contributed by atoms with Gasteiger partial charge in [-0.1, -0.05) is 192 Å². The van der Waals surface area contributed by atoms with E-state index in [4.69, 9.17) is 47.4 Å². The summed E-state index contributed by atoms with van der Waals surface area (Å²) in [5.41, 5.74) is 0. The fourth-order valence-corrected chi connectivity index (χ4v) is 16.9. The number of aliphatic hydroxyl groups is 17. The summed E-state index contributed by atoms with van der Waals surface area (Å²) in [7, 11) is 0. The summed E-state index contributed by atoms with van der Waals surface area (Å²) in [5, 5.41) is 235. The second kappa shape index (κ2) is 58.8. The van der Waals surface area contributed by atoms with E-state index in [0.717, 1.165) is 97.8 Å². The van der Waals surface area contributed by atoms with E-state index >= 15 is 0 Å². The fraction of sp³-hybridized carbons (Fsp3) is 0.874. The van der Waals surface area contributed by atoms with Crippen molar-refractivity contribution in [2.75, 3.05) is 39.6 Å². The van der Waals surface area contributed by atoms with Gasteiger partial charge in [0, 0.05) is 46.5 Å². The molecule has 0 radical (unpaired) electrons. The van der Waals surface area contributed by atoms with E-state index in [-0.39, 0.29) is 6.42 Å². The Balaban J connectivity index is 1.32. The van der Waals surface area contributed by atoms with Crippen molar-refractivity contribution in [2.24, 2.45) is 0 Å². The third kappa shape index (κ3) is 34.9. The highest BCUT2D eigenvalue weighted by atomic mass is 16.8. The lowest BCUT2D eigenvalue weighted by Gasteiger charge is -2.51. The molecule has 0 aromatic heterocycles. The predicted molar refractivity (Wildman–Crippen MR) is 452 cm³/mol. The molecular weight excluding hydrogens is 1690 g/mol. The molecule has 5 aliphatic rings. The normalized spacial score (nSPS) is 31.8. The topological polar surface area (TPSA) is 665 Å². The van der Waals surface area contributed by atoms with Gasteiger partial charge in [-0.15, -0.1) is 0 Å². The standard InChI is InChI=1S/C87H152N4O37/c1-6-8-10-12-14-16-18-20-21-22-23-24-25-26-27-29-31-33-35-37-39-41-64(105)91-54(55(100)40-38-36-34-32-30-28-19-17-15-13-11-9-7-2)50-119-80-73(111)72(110)75(63(49-96)121-80)122-81-74(112)79(69(107)60(46-93)120-81)128-87(84(117)118)44-58(103)67(90-53(5)99)78(127-87)71(109)62(48-95)124-86(83(115)116)43-57(102)66(89-52(4)98)77(126-86)70(108)61(47-94)123-85(82(113)114)42-56(101)65(88-51(3)97)76(125-85)68(106)59(104)45-92/h20-21,38,40,54-63,65-81,92-96,100-104,106-112H,6-19,22-37,39,41-50H2,1-5H3,(H,88,97)(H,89,98)(H,90,99)(H,91,105)(H,113,114)(H,115,116)(H,117,118)/t54-,55+,56-,57-,58-,59+,60+,61+,62+,63+,65+,66+,67+,68+,69-,70+,71+,72+,73+,74+,75+,76?,77?,78?,79-,80+,81-,85+,86+,87-/m0/s1. The highest BCUT2D eigenvalue weighted by molar-refractivity contribution is 5.79. The van der Waals surface area contributed by atoms with Crippen molar-refractivity contribution in [3.05, 3.63) is 24.3 Å². The number of carboxylic acid groups (broad SMARTS) is 3. The number of unbranched alkanes of at least 4 members (excludes halogenated alkanes) is 28. The molecule has 41 nitrogen and oxygen atoms in total. The van der Waals surface area contributed by atoms with E-state index in [2.05, 4.69) is 47.3 Å². The van der Waals surface area contributed by atoms with Crippen LogP contribution in [-0.4, -0.2) is 366 Å². The fourth-order valence-electron chi connectivity index (χ4n) is 16.9. The van der Waals surface area contributed by atoms with Gasteiger partial charge in [-0.05, 0) is 44.9 Å². The molecule has 24 N–H and O–H groups in total. The van der Waals surface area contributed by atoms with Crippen molar-refractivity contribution in [1.29, 1.82) is 0 Å². The van der Waals surface area contributed by atoms with Crippen molar-refractivity contribution in [2.45, 2.75) is 442 Å². The van der Waals surface area contributed by atoms with Crippen LogP contribution in [0.1, 0.15) is 259 Å². The highest BCUT2D eigenvalue weighted by Crippen LogP contribution is 2.43. The van der Waals surface area contributed by atoms with E-state index in [1.807, 2.05) is 0 Å². The largest absolute Gasteiger partial charge is 0.477 e. The molecule has 5 fully saturated rings. The Hall–Kier alpha value is -5.31. The van der Waals surface area contributed by atoms with Crippen molar-refractivity contribution >= 4 is 41.5 Å². The number of rotatable bonds is 64. The van der Waals surface area contributed by atoms with Crippen molar-refractivity contribution in [3.63, 3.8) is 0 Å². The molecule has 0 bridgehead atoms. The zero-order valence-electron chi connectivity index (χ0n) is 74.8. The molecule has 3 unspecified atom stereocenters. The summed E-state index contributed by atoms with van der Waals surface area (Å²) >= 11 is 0. The zero-order chi connectivity index (χ0) is 94.8. The first-order valence-corrected chi connectivity index (χ1v) is 46.0. The summed E-state index contributed by atoms with van der Waals surface area (Å²) in [6.45, 7) is -0.0661. The van der Waals surface area contributed by atoms with Crippen LogP contribution in [0, 0.1) is 0 Å². The number of allylic oxidation sites excluding steroid dienone is 3. The lowest BCUT2D eigenvalue weighted by Crippen LogP contribution is -2.72. The summed E-state index contributed by atoms with van der Waals surface area (Å²) in [6.07, 6.45) is -13.1. The number of carbonyl (C=O) groups excluding carboxylic acids is 4. The SMILES string of the molecule is CCCCCCCCC=CCCCCCCCCCCCCCC(=O)N[C@@H](CO[C@@H]1O[C@H](CO)[C@@H](O[C@@H]2O[C@H](CO)[C@H](O)[C@H](O[C@]3(C(=O)O)C[C@H](O)[C@@H](NC(C)=O)C([C@H](O)[C@@H](CO)O[C@]4(C(=O)O)C[C@H](O)[C@@H](NC(C)=O)C([C@H](O)[C@@H](CO)O[C@]5(C(=O)O)C[C@H](O)[C@@H](NC(C)=O)C([C@H](O)[C@H](O)CO)O5)O4)O3)[C@H]2O)[C@H](O)[C@H]1O)[C@H](O)C=CCCCCCCCCCCCCC. The zero-order valence-corrected chi connectivity index (χ0v) is 74.8. The third-order valence-corrected chi connectivity index (χ3v) is 24.1. The molecule has 5 rings (SSSR count). The number of nitrogens with one attached hydrogen (secondary N) is 4. The summed E-state index contributed by atoms with van der Waals surface area (Å²) in [4.78, 5) is 92.3. The van der Waals surface area contributed by atoms with Crippen LogP contribution in [0.5, 0.6) is 0 Å². The number of hydrogen-bond donors (Lipinski definition) is 24. The molecule has 5 heterocycles. The molecule has 0 aromatic rings. The van der Waals surface area contributed by atoms with Crippen LogP contribution in [0.4, 0.5) is 0 Å². The average molecular weight is 1850 g/mol. The summed E-state index contributed by atoms with van der Waals surface area (Å²) in [6, 6.07) is -7.03. The molecule has 742 valence electrons. The van der Waals surface area contributed by atoms with Gasteiger partial charge in [0.05, 0.1) is 88.2 Å². The lowest BCUT2D eigenvalue weighted by molar-refractivity contribution is -0.388. The van der Waals surface area contributed by atoms with E-state index in [9.17, 15) is 136 Å². The Kier molecular flexibility index (Phi) is 52.0. The number of ether oxygens (including phenoxy) is 10. The maximum absolute atomic E-state index is 13.8. The van der Waals surface area contributed by atoms with E-state index < -0.39 is 283 Å². The minimum atomic E-state index is -3.58. The first kappa shape index (κ1) is 113. The first-order valence-electron chi connectivity index (χ1n) is 46.0. The van der Waals surface area contributed by atoms with Gasteiger partial charge in [0.1, 0.15) is 104 Å². The number of hydrogen-bond acceptors (Lipinski definition) is 34. The van der Waals surface area contributed by atoms with Gasteiger partial charge >= 0.3 is 17.9 Å². The van der Waals surface area contributed by atoms with Gasteiger partial charge in [-0.3, -0.25) is 19.2 Å². The lowest BCUT2D eigenvalue weighted by atomic mass is 9.86. The Morgan fingerprint density at radius 1 is 0.422 bits per heavy atom. The van der Waals surface area contributed by atoms with Gasteiger partial charge in [0.2, 0.25) is 23.6 Å². The number of amides is 4. The Morgan fingerprint density at radius 2 is 0.789 bits per heavy atom. The molecule has 41 heteroatoms. The summed E-state index contributed by atoms with van der Waals surface area (Å²) < 4.78 is 58.3. The number of aliphatic hydroxyl groups excluding tert-OH is 17. The second-order valence-electron chi connectivity index (χ2n) is 34.6. The van der Waals surface area contributed by atoms with Crippen LogP contribution in [-0.2, 0) is 80.9 Å². The molecule has 5 aliphatic heterocycles. The molecule has 4 amide bonds. The molecule has 30 atom stereocenters. The molecule has 0 saturated carbocycles. The van der Waals surface area contributed by atoms with Crippen LogP contribution >= 0.6 is 0 Å². The number of carboxylic acids is 3. The Morgan fingerprint density at radius 3 is 1.17 bits per heavy atom. The van der Waals surface area contributed by atoms with Crippen LogP contribution in [0.15, 0.2) is 24.3 Å². The second-order valence-corrected chi connectivity index (χ2v) is 34.6. The third-order valence-electron chi connectivity index (χ3n) is 24.1. The van der Waals surface area contributed by atoms with Crippen LogP contribution < -0.4 is 21.3 Å². The van der Waals surface area contributed by atoms with E-state index in [1.165, 1.54) is 115 Å². The molecule has 0 aromatic carbocycles. The smallest absolute Gasteiger partial charge is 0.364 e. The van der Waals surface area contributed by atoms with Gasteiger partial charge < -0.3 is 171 Å². The highest BCUT2D eigenvalue weighted by Gasteiger charge is 2.64. The van der Waals surface area contributed by atoms with Gasteiger partial charge in [-0.2, -0.15) is 0 Å². The number of aliphatic carboxylic acids is 3. The maximum Gasteiger partial charge on any atom is 0.364 e. The maximum atomic E-state index is 13.8. The molecule has 5 saturated heterocycles.